The highest BCUT2D eigenvalue weighted by Crippen LogP contribution is 2.37. The first-order chi connectivity index (χ1) is 10.9. The maximum absolute atomic E-state index is 12.3. The fourth-order valence-electron chi connectivity index (χ4n) is 1.89. The quantitative estimate of drug-likeness (QED) is 0.582. The summed E-state index contributed by atoms with van der Waals surface area (Å²) in [5, 5.41) is 8.84. The molecule has 9 heteroatoms. The lowest BCUT2D eigenvalue weighted by Crippen LogP contribution is -2.33. The second-order valence-corrected chi connectivity index (χ2v) is 6.92. The molecule has 0 radical (unpaired) electrons. The fraction of sp³-hybridized carbons (Fsp3) is 0.214. The van der Waals surface area contributed by atoms with Crippen LogP contribution in [0.2, 0.25) is 0 Å². The van der Waals surface area contributed by atoms with Gasteiger partial charge in [-0.25, -0.2) is 0 Å². The van der Waals surface area contributed by atoms with Crippen LogP contribution >= 0.6 is 39.9 Å². The van der Waals surface area contributed by atoms with Crippen LogP contribution in [0, 0.1) is 0 Å². The minimum Gasteiger partial charge on any atom is -0.493 e. The van der Waals surface area contributed by atoms with Gasteiger partial charge in [0.05, 0.1) is 19.1 Å². The highest BCUT2D eigenvalue weighted by molar-refractivity contribution is 9.10. The Bertz CT molecular complexity index is 719. The van der Waals surface area contributed by atoms with Gasteiger partial charge in [-0.3, -0.25) is 14.5 Å². The van der Waals surface area contributed by atoms with E-state index in [-0.39, 0.29) is 4.32 Å². The third-order valence-corrected chi connectivity index (χ3v) is 5.02. The van der Waals surface area contributed by atoms with Crippen LogP contribution in [-0.4, -0.2) is 47.0 Å². The summed E-state index contributed by atoms with van der Waals surface area (Å²) in [6.07, 6.45) is 1.63. The maximum atomic E-state index is 12.3. The van der Waals surface area contributed by atoms with Crippen molar-refractivity contribution in [2.45, 2.75) is 0 Å². The topological polar surface area (TPSA) is 76.1 Å². The zero-order chi connectivity index (χ0) is 17.1. The van der Waals surface area contributed by atoms with Crippen molar-refractivity contribution >= 4 is 62.2 Å². The van der Waals surface area contributed by atoms with Crippen LogP contribution in [0.3, 0.4) is 0 Å². The largest absolute Gasteiger partial charge is 0.493 e. The Balaban J connectivity index is 2.37. The summed E-state index contributed by atoms with van der Waals surface area (Å²) in [7, 11) is 3.04. The molecule has 2 rings (SSSR count). The fourth-order valence-corrected chi connectivity index (χ4v) is 3.58. The number of carboxylic acid groups (broad SMARTS) is 1. The average molecular weight is 418 g/mol. The van der Waals surface area contributed by atoms with E-state index >= 15 is 0 Å². The number of nitrogens with zero attached hydrogens (tertiary/aromatic N) is 1. The molecule has 1 aliphatic rings. The van der Waals surface area contributed by atoms with E-state index in [4.69, 9.17) is 26.8 Å². The number of thiocarbonyl (C=S) groups is 1. The van der Waals surface area contributed by atoms with Gasteiger partial charge in [-0.2, -0.15) is 0 Å². The highest BCUT2D eigenvalue weighted by Gasteiger charge is 2.33. The number of carbonyl (C=O) groups excluding carboxylic acids is 1. The molecule has 0 aromatic heterocycles. The number of halogens is 1. The molecule has 0 saturated carbocycles. The smallest absolute Gasteiger partial charge is 0.323 e. The molecule has 0 atom stereocenters. The molecule has 1 aromatic carbocycles. The molecule has 1 aromatic rings. The molecule has 1 heterocycles. The van der Waals surface area contributed by atoms with E-state index < -0.39 is 18.4 Å². The van der Waals surface area contributed by atoms with Gasteiger partial charge >= 0.3 is 5.97 Å². The van der Waals surface area contributed by atoms with Gasteiger partial charge in [-0.1, -0.05) is 39.9 Å². The minimum absolute atomic E-state index is 0.222. The Kier molecular flexibility index (Phi) is 5.66. The molecule has 1 saturated heterocycles. The molecular weight excluding hydrogens is 406 g/mol. The Hall–Kier alpha value is -1.58. The van der Waals surface area contributed by atoms with Crippen molar-refractivity contribution in [2.75, 3.05) is 20.8 Å². The lowest BCUT2D eigenvalue weighted by molar-refractivity contribution is -0.140. The molecule has 0 spiro atoms. The monoisotopic (exact) mass is 417 g/mol. The summed E-state index contributed by atoms with van der Waals surface area (Å²) in [5.41, 5.74) is 0.693. The molecule has 122 valence electrons. The van der Waals surface area contributed by atoms with Gasteiger partial charge in [0.2, 0.25) is 0 Å². The van der Waals surface area contributed by atoms with Crippen LogP contribution in [0.1, 0.15) is 5.56 Å². The molecule has 23 heavy (non-hydrogen) atoms. The second-order valence-electron chi connectivity index (χ2n) is 4.39. The molecule has 6 nitrogen and oxygen atoms in total. The predicted molar refractivity (Wildman–Crippen MR) is 94.8 cm³/mol. The summed E-state index contributed by atoms with van der Waals surface area (Å²) in [6, 6.07) is 3.44. The number of rotatable bonds is 5. The van der Waals surface area contributed by atoms with Crippen LogP contribution in [0.15, 0.2) is 21.5 Å². The van der Waals surface area contributed by atoms with Crippen LogP contribution in [0.4, 0.5) is 0 Å². The van der Waals surface area contributed by atoms with Crippen molar-refractivity contribution < 1.29 is 24.2 Å². The van der Waals surface area contributed by atoms with Crippen LogP contribution in [-0.2, 0) is 9.59 Å². The first kappa shape index (κ1) is 17.8. The first-order valence-corrected chi connectivity index (χ1v) is 8.27. The number of hydrogen-bond acceptors (Lipinski definition) is 6. The molecule has 1 amide bonds. The third kappa shape index (κ3) is 3.85. The van der Waals surface area contributed by atoms with Gasteiger partial charge < -0.3 is 14.6 Å². The molecule has 0 aliphatic carbocycles. The Labute approximate surface area is 150 Å². The molecule has 1 aliphatic heterocycles. The first-order valence-electron chi connectivity index (χ1n) is 6.26. The zero-order valence-corrected chi connectivity index (χ0v) is 15.4. The van der Waals surface area contributed by atoms with Crippen molar-refractivity contribution in [3.63, 3.8) is 0 Å². The van der Waals surface area contributed by atoms with Crippen molar-refractivity contribution in [3.05, 3.63) is 27.1 Å². The number of amides is 1. The molecule has 0 bridgehead atoms. The van der Waals surface area contributed by atoms with E-state index in [0.29, 0.717) is 26.4 Å². The van der Waals surface area contributed by atoms with Gasteiger partial charge in [0, 0.05) is 4.47 Å². The van der Waals surface area contributed by atoms with Gasteiger partial charge in [-0.05, 0) is 23.8 Å². The number of thioether (sulfide) groups is 1. The minimum atomic E-state index is -1.12. The Morgan fingerprint density at radius 3 is 2.57 bits per heavy atom. The SMILES string of the molecule is COc1cc(Br)c(/C=C2\SC(=S)N(CC(=O)O)C2=O)cc1OC. The summed E-state index contributed by atoms with van der Waals surface area (Å²) in [4.78, 5) is 24.5. The number of hydrogen-bond donors (Lipinski definition) is 1. The number of carboxylic acids is 1. The molecular formula is C14H12BrNO5S2. The maximum Gasteiger partial charge on any atom is 0.323 e. The standard InChI is InChI=1S/C14H12BrNO5S2/c1-20-9-3-7(8(15)5-10(9)21-2)4-11-13(19)16(6-12(17)18)14(22)23-11/h3-5H,6H2,1-2H3,(H,17,18)/b11-4-. The van der Waals surface area contributed by atoms with Crippen molar-refractivity contribution in [3.8, 4) is 11.5 Å². The lowest BCUT2D eigenvalue weighted by atomic mass is 10.2. The van der Waals surface area contributed by atoms with E-state index in [0.717, 1.165) is 16.7 Å². The average Bonchev–Trinajstić information content (AvgIpc) is 2.76. The summed E-state index contributed by atoms with van der Waals surface area (Å²) in [5.74, 6) is -0.475. The summed E-state index contributed by atoms with van der Waals surface area (Å²) >= 11 is 9.53. The third-order valence-electron chi connectivity index (χ3n) is 2.96. The van der Waals surface area contributed by atoms with E-state index in [1.165, 1.54) is 14.2 Å². The number of methoxy groups -OCH3 is 2. The molecule has 1 N–H and O–H groups in total. The number of benzene rings is 1. The molecule has 1 fully saturated rings. The van der Waals surface area contributed by atoms with Crippen molar-refractivity contribution in [2.24, 2.45) is 0 Å². The highest BCUT2D eigenvalue weighted by atomic mass is 79.9. The number of carbonyl (C=O) groups is 2. The van der Waals surface area contributed by atoms with E-state index in [1.807, 2.05) is 0 Å². The van der Waals surface area contributed by atoms with Gasteiger partial charge in [0.1, 0.15) is 10.9 Å². The second kappa shape index (κ2) is 7.33. The zero-order valence-electron chi connectivity index (χ0n) is 12.2. The number of ether oxygens (including phenoxy) is 2. The predicted octanol–water partition coefficient (Wildman–Crippen LogP) is 2.75. The Morgan fingerprint density at radius 2 is 2.00 bits per heavy atom. The van der Waals surface area contributed by atoms with Crippen LogP contribution in [0.25, 0.3) is 6.08 Å². The van der Waals surface area contributed by atoms with Gasteiger partial charge in [0.25, 0.3) is 5.91 Å². The van der Waals surface area contributed by atoms with E-state index in [9.17, 15) is 9.59 Å². The normalized spacial score (nSPS) is 16.1. The van der Waals surface area contributed by atoms with Crippen molar-refractivity contribution in [1.29, 1.82) is 0 Å². The summed E-state index contributed by atoms with van der Waals surface area (Å²) in [6.45, 7) is -0.449. The van der Waals surface area contributed by atoms with Gasteiger partial charge in [-0.15, -0.1) is 0 Å². The number of aliphatic carboxylic acids is 1. The lowest BCUT2D eigenvalue weighted by Gasteiger charge is -2.11. The van der Waals surface area contributed by atoms with E-state index in [2.05, 4.69) is 15.9 Å². The Morgan fingerprint density at radius 1 is 1.39 bits per heavy atom. The summed E-state index contributed by atoms with van der Waals surface area (Å²) < 4.78 is 11.4. The van der Waals surface area contributed by atoms with E-state index in [1.54, 1.807) is 18.2 Å². The van der Waals surface area contributed by atoms with Crippen LogP contribution < -0.4 is 9.47 Å². The van der Waals surface area contributed by atoms with Gasteiger partial charge in [0.15, 0.2) is 11.5 Å². The van der Waals surface area contributed by atoms with Crippen molar-refractivity contribution in [1.82, 2.24) is 4.90 Å². The van der Waals surface area contributed by atoms with Crippen LogP contribution in [0.5, 0.6) is 11.5 Å². The molecule has 0 unspecified atom stereocenters.